The molecule has 18 heavy (non-hydrogen) atoms. The lowest BCUT2D eigenvalue weighted by Crippen LogP contribution is -2.43. The summed E-state index contributed by atoms with van der Waals surface area (Å²) in [7, 11) is 0. The minimum atomic E-state index is 0. The van der Waals surface area contributed by atoms with E-state index in [4.69, 9.17) is 5.73 Å². The van der Waals surface area contributed by atoms with E-state index in [2.05, 4.69) is 9.88 Å². The number of piperidine rings is 1. The van der Waals surface area contributed by atoms with Gasteiger partial charge in [-0.1, -0.05) is 6.42 Å². The highest BCUT2D eigenvalue weighted by Gasteiger charge is 2.30. The van der Waals surface area contributed by atoms with Gasteiger partial charge in [-0.3, -0.25) is 4.90 Å². The van der Waals surface area contributed by atoms with Crippen LogP contribution in [-0.4, -0.2) is 29.0 Å². The molecule has 2 fully saturated rings. The first-order valence-electron chi connectivity index (χ1n) is 6.75. The summed E-state index contributed by atoms with van der Waals surface area (Å²) >= 11 is 1.83. The molecule has 2 heterocycles. The van der Waals surface area contributed by atoms with E-state index in [0.717, 1.165) is 19.0 Å². The average Bonchev–Trinajstić information content (AvgIpc) is 3.11. The monoisotopic (exact) mass is 287 g/mol. The molecule has 5 heteroatoms. The number of rotatable bonds is 4. The predicted molar refractivity (Wildman–Crippen MR) is 78.4 cm³/mol. The van der Waals surface area contributed by atoms with Crippen molar-refractivity contribution in [2.24, 2.45) is 5.73 Å². The van der Waals surface area contributed by atoms with Crippen LogP contribution in [0.15, 0.2) is 5.51 Å². The van der Waals surface area contributed by atoms with Gasteiger partial charge in [0.2, 0.25) is 0 Å². The molecule has 3 rings (SSSR count). The lowest BCUT2D eigenvalue weighted by molar-refractivity contribution is 0.146. The molecule has 1 aromatic rings. The van der Waals surface area contributed by atoms with E-state index in [1.54, 1.807) is 0 Å². The number of nitrogens with zero attached hydrogens (tertiary/aromatic N) is 2. The lowest BCUT2D eigenvalue weighted by atomic mass is 10.0. The summed E-state index contributed by atoms with van der Waals surface area (Å²) in [6, 6.07) is 0.595. The van der Waals surface area contributed by atoms with Gasteiger partial charge in [0.05, 0.1) is 11.2 Å². The van der Waals surface area contributed by atoms with E-state index in [0.29, 0.717) is 6.04 Å². The van der Waals surface area contributed by atoms with Gasteiger partial charge in [0, 0.05) is 29.9 Å². The maximum Gasteiger partial charge on any atom is 0.0798 e. The van der Waals surface area contributed by atoms with Crippen LogP contribution in [0.5, 0.6) is 0 Å². The Balaban J connectivity index is 0.00000120. The van der Waals surface area contributed by atoms with Crippen molar-refractivity contribution in [3.8, 4) is 0 Å². The molecule has 0 radical (unpaired) electrons. The quantitative estimate of drug-likeness (QED) is 0.926. The third-order valence-electron chi connectivity index (χ3n) is 4.00. The Bertz CT molecular complexity index is 378. The van der Waals surface area contributed by atoms with Gasteiger partial charge in [0.25, 0.3) is 0 Å². The largest absolute Gasteiger partial charge is 0.329 e. The van der Waals surface area contributed by atoms with Crippen LogP contribution >= 0.6 is 23.7 Å². The van der Waals surface area contributed by atoms with Gasteiger partial charge < -0.3 is 5.73 Å². The van der Waals surface area contributed by atoms with Crippen molar-refractivity contribution in [2.45, 2.75) is 50.6 Å². The Kier molecular flexibility index (Phi) is 5.01. The van der Waals surface area contributed by atoms with Crippen molar-refractivity contribution in [1.29, 1.82) is 0 Å². The molecule has 102 valence electrons. The molecule has 1 unspecified atom stereocenters. The Morgan fingerprint density at radius 1 is 1.33 bits per heavy atom. The molecule has 1 aliphatic carbocycles. The second-order valence-electron chi connectivity index (χ2n) is 5.29. The van der Waals surface area contributed by atoms with Gasteiger partial charge in [0.1, 0.15) is 0 Å². The van der Waals surface area contributed by atoms with Crippen molar-refractivity contribution in [1.82, 2.24) is 9.88 Å². The smallest absolute Gasteiger partial charge is 0.0798 e. The minimum Gasteiger partial charge on any atom is -0.329 e. The normalized spacial score (nSPS) is 24.8. The number of nitrogens with two attached hydrogens (primary N) is 1. The fourth-order valence-corrected chi connectivity index (χ4v) is 3.68. The van der Waals surface area contributed by atoms with Crippen molar-refractivity contribution in [2.75, 3.05) is 13.1 Å². The van der Waals surface area contributed by atoms with E-state index in [-0.39, 0.29) is 12.4 Å². The molecule has 0 aromatic carbocycles. The van der Waals surface area contributed by atoms with Crippen LogP contribution in [0, 0.1) is 0 Å². The summed E-state index contributed by atoms with van der Waals surface area (Å²) in [5.74, 6) is 0.775. The first-order valence-corrected chi connectivity index (χ1v) is 7.63. The highest BCUT2D eigenvalue weighted by Crippen LogP contribution is 2.42. The summed E-state index contributed by atoms with van der Waals surface area (Å²) in [5, 5.41) is 0. The zero-order chi connectivity index (χ0) is 11.7. The molecule has 0 bridgehead atoms. The summed E-state index contributed by atoms with van der Waals surface area (Å²) in [6.07, 6.45) is 6.63. The fraction of sp³-hybridized carbons (Fsp3) is 0.769. The van der Waals surface area contributed by atoms with Crippen LogP contribution in [0.25, 0.3) is 0 Å². The van der Waals surface area contributed by atoms with Crippen LogP contribution in [0.2, 0.25) is 0 Å². The first kappa shape index (κ1) is 14.3. The average molecular weight is 288 g/mol. The predicted octanol–water partition coefficient (Wildman–Crippen LogP) is 2.76. The number of thiazole rings is 1. The third kappa shape index (κ3) is 3.05. The Labute approximate surface area is 119 Å². The van der Waals surface area contributed by atoms with E-state index < -0.39 is 0 Å². The number of hydrogen-bond acceptors (Lipinski definition) is 4. The zero-order valence-electron chi connectivity index (χ0n) is 10.7. The Morgan fingerprint density at radius 2 is 2.17 bits per heavy atom. The maximum atomic E-state index is 5.88. The highest BCUT2D eigenvalue weighted by molar-refractivity contribution is 7.09. The van der Waals surface area contributed by atoms with Crippen LogP contribution in [0.1, 0.15) is 48.6 Å². The lowest BCUT2D eigenvalue weighted by Gasteiger charge is -2.34. The maximum absolute atomic E-state index is 5.88. The number of aromatic nitrogens is 1. The van der Waals surface area contributed by atoms with E-state index in [9.17, 15) is 0 Å². The van der Waals surface area contributed by atoms with Crippen LogP contribution < -0.4 is 5.73 Å². The van der Waals surface area contributed by atoms with Crippen molar-refractivity contribution in [3.05, 3.63) is 16.1 Å². The fourth-order valence-electron chi connectivity index (χ4n) is 2.81. The van der Waals surface area contributed by atoms with Gasteiger partial charge in [0.15, 0.2) is 0 Å². The summed E-state index contributed by atoms with van der Waals surface area (Å²) in [6.45, 7) is 3.10. The van der Waals surface area contributed by atoms with Crippen molar-refractivity contribution < 1.29 is 0 Å². The molecule has 0 amide bonds. The van der Waals surface area contributed by atoms with Crippen molar-refractivity contribution in [3.63, 3.8) is 0 Å². The second kappa shape index (κ2) is 6.33. The molecule has 2 N–H and O–H groups in total. The van der Waals surface area contributed by atoms with Gasteiger partial charge in [-0.2, -0.15) is 0 Å². The molecule has 2 aliphatic rings. The molecule has 1 saturated heterocycles. The molecule has 1 atom stereocenters. The molecular formula is C13H22ClN3S. The van der Waals surface area contributed by atoms with Gasteiger partial charge >= 0.3 is 0 Å². The van der Waals surface area contributed by atoms with Crippen molar-refractivity contribution >= 4 is 23.7 Å². The Hall–Kier alpha value is -0.160. The molecule has 3 nitrogen and oxygen atoms in total. The van der Waals surface area contributed by atoms with Crippen LogP contribution in [0.4, 0.5) is 0 Å². The highest BCUT2D eigenvalue weighted by atomic mass is 35.5. The number of hydrogen-bond donors (Lipinski definition) is 1. The van der Waals surface area contributed by atoms with Gasteiger partial charge in [-0.05, 0) is 32.2 Å². The third-order valence-corrected chi connectivity index (χ3v) is 4.84. The van der Waals surface area contributed by atoms with Crippen LogP contribution in [0.3, 0.4) is 0 Å². The topological polar surface area (TPSA) is 42.1 Å². The molecular weight excluding hydrogens is 266 g/mol. The standard InChI is InChI=1S/C13H21N3S.ClH/c14-7-11-3-1-2-6-16(11)8-12-13(10-4-5-10)15-9-17-12;/h9-11H,1-8,14H2;1H. The van der Waals surface area contributed by atoms with Gasteiger partial charge in [-0.25, -0.2) is 4.98 Å². The summed E-state index contributed by atoms with van der Waals surface area (Å²) in [4.78, 5) is 8.62. The van der Waals surface area contributed by atoms with E-state index in [1.807, 2.05) is 16.8 Å². The summed E-state index contributed by atoms with van der Waals surface area (Å²) in [5.41, 5.74) is 9.28. The van der Waals surface area contributed by atoms with Crippen LogP contribution in [-0.2, 0) is 6.54 Å². The van der Waals surface area contributed by atoms with E-state index in [1.165, 1.54) is 49.2 Å². The van der Waals surface area contributed by atoms with E-state index >= 15 is 0 Å². The molecule has 1 aromatic heterocycles. The first-order chi connectivity index (χ1) is 8.38. The molecule has 0 spiro atoms. The number of halogens is 1. The second-order valence-corrected chi connectivity index (χ2v) is 6.23. The molecule has 1 aliphatic heterocycles. The SMILES string of the molecule is Cl.NCC1CCCCN1Cc1scnc1C1CC1. The Morgan fingerprint density at radius 3 is 2.89 bits per heavy atom. The number of likely N-dealkylation sites (tertiary alicyclic amines) is 1. The molecule has 1 saturated carbocycles. The zero-order valence-corrected chi connectivity index (χ0v) is 12.3. The van der Waals surface area contributed by atoms with Gasteiger partial charge in [-0.15, -0.1) is 23.7 Å². The minimum absolute atomic E-state index is 0. The summed E-state index contributed by atoms with van der Waals surface area (Å²) < 4.78 is 0.